The Bertz CT molecular complexity index is 882. The molecular formula is C15H12N2O3S. The van der Waals surface area contributed by atoms with Gasteiger partial charge >= 0.3 is 5.76 Å². The van der Waals surface area contributed by atoms with Crippen LogP contribution in [0.25, 0.3) is 11.1 Å². The second-order valence-corrected chi connectivity index (χ2v) is 6.23. The van der Waals surface area contributed by atoms with Crippen molar-refractivity contribution in [3.8, 4) is 0 Å². The zero-order valence-electron chi connectivity index (χ0n) is 11.1. The number of thiophene rings is 1. The third-order valence-corrected chi connectivity index (χ3v) is 4.88. The number of H-pyrrole nitrogens is 1. The van der Waals surface area contributed by atoms with Gasteiger partial charge in [-0.25, -0.2) is 4.79 Å². The van der Waals surface area contributed by atoms with E-state index in [-0.39, 0.29) is 5.91 Å². The average molecular weight is 300 g/mol. The maximum atomic E-state index is 12.3. The van der Waals surface area contributed by atoms with Crippen molar-refractivity contribution < 1.29 is 9.21 Å². The van der Waals surface area contributed by atoms with Crippen LogP contribution in [-0.2, 0) is 12.8 Å². The molecule has 5 nitrogen and oxygen atoms in total. The van der Waals surface area contributed by atoms with Crippen molar-refractivity contribution in [1.29, 1.82) is 0 Å². The fourth-order valence-corrected chi connectivity index (χ4v) is 3.81. The number of hydrogen-bond acceptors (Lipinski definition) is 4. The summed E-state index contributed by atoms with van der Waals surface area (Å²) in [5.41, 5.74) is 3.00. The smallest absolute Gasteiger partial charge is 0.408 e. The van der Waals surface area contributed by atoms with Gasteiger partial charge in [-0.1, -0.05) is 0 Å². The highest BCUT2D eigenvalue weighted by Crippen LogP contribution is 2.31. The number of aromatic nitrogens is 1. The highest BCUT2D eigenvalue weighted by atomic mass is 32.1. The van der Waals surface area contributed by atoms with Crippen LogP contribution in [-0.4, -0.2) is 10.9 Å². The number of fused-ring (bicyclic) bond motifs is 2. The molecule has 0 saturated heterocycles. The predicted molar refractivity (Wildman–Crippen MR) is 81.1 cm³/mol. The summed E-state index contributed by atoms with van der Waals surface area (Å²) < 4.78 is 4.93. The second kappa shape index (κ2) is 4.60. The molecule has 0 atom stereocenters. The van der Waals surface area contributed by atoms with Crippen molar-refractivity contribution in [2.45, 2.75) is 19.3 Å². The van der Waals surface area contributed by atoms with E-state index in [0.717, 1.165) is 17.7 Å². The monoisotopic (exact) mass is 300 g/mol. The minimum Gasteiger partial charge on any atom is -0.408 e. The van der Waals surface area contributed by atoms with Gasteiger partial charge in [0.15, 0.2) is 5.58 Å². The number of aryl methyl sites for hydroxylation is 2. The molecule has 4 rings (SSSR count). The number of rotatable bonds is 2. The molecule has 3 aromatic rings. The van der Waals surface area contributed by atoms with E-state index in [4.69, 9.17) is 4.42 Å². The Kier molecular flexibility index (Phi) is 2.71. The average Bonchev–Trinajstić information content (AvgIpc) is 3.09. The summed E-state index contributed by atoms with van der Waals surface area (Å²) in [7, 11) is 0. The largest absolute Gasteiger partial charge is 0.417 e. The molecule has 2 N–H and O–H groups in total. The lowest BCUT2D eigenvalue weighted by Crippen LogP contribution is -2.10. The van der Waals surface area contributed by atoms with Gasteiger partial charge in [0, 0.05) is 10.6 Å². The Labute approximate surface area is 123 Å². The standard InChI is InChI=1S/C15H12N2O3S/c18-14(13-6-8-2-1-3-12(8)21-13)16-9-4-5-11-10(7-9)17-15(19)20-11/h4-7H,1-3H2,(H,16,18)(H,17,19). The van der Waals surface area contributed by atoms with Gasteiger partial charge in [-0.2, -0.15) is 0 Å². The lowest BCUT2D eigenvalue weighted by atomic mass is 10.2. The third kappa shape index (κ3) is 2.17. The summed E-state index contributed by atoms with van der Waals surface area (Å²) in [6.45, 7) is 0. The van der Waals surface area contributed by atoms with Crippen molar-refractivity contribution in [1.82, 2.24) is 4.98 Å². The van der Waals surface area contributed by atoms with Gasteiger partial charge in [-0.05, 0) is 49.1 Å². The molecule has 6 heteroatoms. The zero-order valence-corrected chi connectivity index (χ0v) is 11.9. The lowest BCUT2D eigenvalue weighted by Gasteiger charge is -2.03. The van der Waals surface area contributed by atoms with E-state index in [1.54, 1.807) is 29.5 Å². The van der Waals surface area contributed by atoms with Crippen LogP contribution < -0.4 is 11.1 Å². The number of hydrogen-bond donors (Lipinski definition) is 2. The molecule has 0 fully saturated rings. The summed E-state index contributed by atoms with van der Waals surface area (Å²) in [6, 6.07) is 7.07. The summed E-state index contributed by atoms with van der Waals surface area (Å²) in [6.07, 6.45) is 3.34. The second-order valence-electron chi connectivity index (χ2n) is 5.09. The fraction of sp³-hybridized carbons (Fsp3) is 0.200. The van der Waals surface area contributed by atoms with Crippen molar-refractivity contribution in [2.75, 3.05) is 5.32 Å². The molecule has 1 aromatic carbocycles. The number of nitrogens with one attached hydrogen (secondary N) is 2. The number of carbonyl (C=O) groups excluding carboxylic acids is 1. The first-order valence-electron chi connectivity index (χ1n) is 6.75. The first-order chi connectivity index (χ1) is 10.2. The van der Waals surface area contributed by atoms with Crippen molar-refractivity contribution in [2.24, 2.45) is 0 Å². The van der Waals surface area contributed by atoms with Gasteiger partial charge < -0.3 is 9.73 Å². The summed E-state index contributed by atoms with van der Waals surface area (Å²) in [5.74, 6) is -0.609. The molecule has 2 aromatic heterocycles. The van der Waals surface area contributed by atoms with Crippen LogP contribution in [0.5, 0.6) is 0 Å². The molecule has 106 valence electrons. The van der Waals surface area contributed by atoms with Crippen LogP contribution in [0.4, 0.5) is 5.69 Å². The lowest BCUT2D eigenvalue weighted by molar-refractivity contribution is 0.103. The third-order valence-electron chi connectivity index (χ3n) is 3.65. The van der Waals surface area contributed by atoms with Crippen LogP contribution in [0.1, 0.15) is 26.5 Å². The number of anilines is 1. The molecule has 0 aliphatic heterocycles. The Hall–Kier alpha value is -2.34. The number of oxazole rings is 1. The van der Waals surface area contributed by atoms with E-state index in [1.165, 1.54) is 16.9 Å². The molecule has 1 amide bonds. The number of benzene rings is 1. The quantitative estimate of drug-likeness (QED) is 0.764. The van der Waals surface area contributed by atoms with E-state index in [2.05, 4.69) is 10.3 Å². The maximum absolute atomic E-state index is 12.3. The van der Waals surface area contributed by atoms with E-state index in [1.807, 2.05) is 6.07 Å². The fourth-order valence-electron chi connectivity index (χ4n) is 2.66. The van der Waals surface area contributed by atoms with Crippen LogP contribution in [0.2, 0.25) is 0 Å². The SMILES string of the molecule is O=C(Nc1ccc2oc(=O)[nH]c2c1)c1cc2c(s1)CCC2. The molecule has 21 heavy (non-hydrogen) atoms. The minimum atomic E-state index is -0.497. The normalized spacial score (nSPS) is 13.5. The molecule has 0 bridgehead atoms. The minimum absolute atomic E-state index is 0.111. The molecule has 0 spiro atoms. The summed E-state index contributed by atoms with van der Waals surface area (Å²) >= 11 is 1.57. The number of carbonyl (C=O) groups is 1. The highest BCUT2D eigenvalue weighted by Gasteiger charge is 2.18. The molecule has 1 aliphatic carbocycles. The molecular weight excluding hydrogens is 288 g/mol. The molecule has 0 unspecified atom stereocenters. The van der Waals surface area contributed by atoms with E-state index in [0.29, 0.717) is 16.8 Å². The highest BCUT2D eigenvalue weighted by molar-refractivity contribution is 7.14. The van der Waals surface area contributed by atoms with Gasteiger partial charge in [0.1, 0.15) is 0 Å². The Morgan fingerprint density at radius 2 is 2.19 bits per heavy atom. The van der Waals surface area contributed by atoms with Gasteiger partial charge in [-0.15, -0.1) is 11.3 Å². The van der Waals surface area contributed by atoms with E-state index < -0.39 is 5.76 Å². The Balaban J connectivity index is 1.60. The van der Waals surface area contributed by atoms with Crippen LogP contribution in [0.15, 0.2) is 33.5 Å². The molecule has 0 radical (unpaired) electrons. The van der Waals surface area contributed by atoms with Crippen molar-refractivity contribution >= 4 is 34.0 Å². The first kappa shape index (κ1) is 12.4. The van der Waals surface area contributed by atoms with E-state index in [9.17, 15) is 9.59 Å². The van der Waals surface area contributed by atoms with Gasteiger partial charge in [0.25, 0.3) is 5.91 Å². The van der Waals surface area contributed by atoms with Crippen LogP contribution in [0.3, 0.4) is 0 Å². The predicted octanol–water partition coefficient (Wildman–Crippen LogP) is 2.92. The van der Waals surface area contributed by atoms with E-state index >= 15 is 0 Å². The van der Waals surface area contributed by atoms with Gasteiger partial charge in [0.05, 0.1) is 10.4 Å². The molecule has 2 heterocycles. The first-order valence-corrected chi connectivity index (χ1v) is 7.56. The zero-order chi connectivity index (χ0) is 14.4. The van der Waals surface area contributed by atoms with Gasteiger partial charge in [0.2, 0.25) is 0 Å². The van der Waals surface area contributed by atoms with Crippen molar-refractivity contribution in [3.05, 3.63) is 50.1 Å². The molecule has 1 aliphatic rings. The Morgan fingerprint density at radius 3 is 3.05 bits per heavy atom. The topological polar surface area (TPSA) is 75.1 Å². The maximum Gasteiger partial charge on any atom is 0.417 e. The number of aromatic amines is 1. The van der Waals surface area contributed by atoms with Crippen molar-refractivity contribution in [3.63, 3.8) is 0 Å². The molecule has 0 saturated carbocycles. The van der Waals surface area contributed by atoms with Crippen LogP contribution >= 0.6 is 11.3 Å². The van der Waals surface area contributed by atoms with Crippen LogP contribution in [0, 0.1) is 0 Å². The van der Waals surface area contributed by atoms with Gasteiger partial charge in [-0.3, -0.25) is 9.78 Å². The number of amides is 1. The Morgan fingerprint density at radius 1 is 1.29 bits per heavy atom. The summed E-state index contributed by atoms with van der Waals surface area (Å²) in [5, 5.41) is 2.86. The summed E-state index contributed by atoms with van der Waals surface area (Å²) in [4.78, 5) is 28.0.